The molecule has 1 aliphatic rings. The van der Waals surface area contributed by atoms with Crippen LogP contribution in [0.1, 0.15) is 13.3 Å². The van der Waals surface area contributed by atoms with Crippen LogP contribution in [0.4, 0.5) is 0 Å². The maximum Gasteiger partial charge on any atom is 0.346 e. The Morgan fingerprint density at radius 1 is 1.57 bits per heavy atom. The number of carbonyl (C=O) groups is 3. The van der Waals surface area contributed by atoms with E-state index in [2.05, 4.69) is 4.74 Å². The van der Waals surface area contributed by atoms with E-state index in [1.165, 1.54) is 0 Å². The highest BCUT2D eigenvalue weighted by Gasteiger charge is 2.22. The Morgan fingerprint density at radius 3 is 2.57 bits per heavy atom. The van der Waals surface area contributed by atoms with Crippen LogP contribution in [0.2, 0.25) is 0 Å². The van der Waals surface area contributed by atoms with E-state index in [0.717, 1.165) is 12.2 Å². The molecule has 0 aliphatic carbocycles. The highest BCUT2D eigenvalue weighted by Crippen LogP contribution is 2.13. The topological polar surface area (TPSA) is 80.7 Å². The molecule has 0 aromatic heterocycles. The van der Waals surface area contributed by atoms with Crippen molar-refractivity contribution >= 4 is 17.9 Å². The number of cyclic esters (lactones) is 2. The zero-order valence-electron chi connectivity index (χ0n) is 7.44. The van der Waals surface area contributed by atoms with E-state index in [9.17, 15) is 14.4 Å². The van der Waals surface area contributed by atoms with Gasteiger partial charge in [-0.15, -0.1) is 0 Å². The number of hydrogen-bond donors (Lipinski definition) is 1. The van der Waals surface area contributed by atoms with Crippen molar-refractivity contribution in [2.24, 2.45) is 0 Å². The smallest absolute Gasteiger partial charge is 0.346 e. The number of carboxylic acids is 1. The van der Waals surface area contributed by atoms with Crippen LogP contribution < -0.4 is 0 Å². The predicted octanol–water partition coefficient (Wildman–Crippen LogP) is 0.417. The van der Waals surface area contributed by atoms with E-state index in [1.807, 2.05) is 0 Å². The summed E-state index contributed by atoms with van der Waals surface area (Å²) in [5.41, 5.74) is 0.0390. The summed E-state index contributed by atoms with van der Waals surface area (Å²) in [5, 5.41) is 8.65. The van der Waals surface area contributed by atoms with Gasteiger partial charge in [-0.2, -0.15) is 0 Å². The van der Waals surface area contributed by atoms with Crippen molar-refractivity contribution in [2.75, 3.05) is 0 Å². The van der Waals surface area contributed by atoms with Crippen LogP contribution in [0.5, 0.6) is 0 Å². The van der Waals surface area contributed by atoms with Crippen LogP contribution in [0.25, 0.3) is 0 Å². The minimum atomic E-state index is -1.11. The van der Waals surface area contributed by atoms with Gasteiger partial charge in [0.25, 0.3) is 0 Å². The van der Waals surface area contributed by atoms with Gasteiger partial charge in [-0.05, 0) is 12.5 Å². The predicted molar refractivity (Wildman–Crippen MR) is 45.2 cm³/mol. The van der Waals surface area contributed by atoms with Crippen LogP contribution in [-0.4, -0.2) is 23.0 Å². The molecule has 0 fully saturated rings. The van der Waals surface area contributed by atoms with Crippen molar-refractivity contribution in [3.05, 3.63) is 23.3 Å². The molecule has 0 radical (unpaired) electrons. The molecule has 0 unspecified atom stereocenters. The van der Waals surface area contributed by atoms with Gasteiger partial charge in [-0.25, -0.2) is 14.4 Å². The van der Waals surface area contributed by atoms with Gasteiger partial charge in [0.05, 0.1) is 5.57 Å². The Labute approximate surface area is 79.7 Å². The van der Waals surface area contributed by atoms with Gasteiger partial charge in [0.2, 0.25) is 0 Å². The van der Waals surface area contributed by atoms with E-state index in [1.54, 1.807) is 6.92 Å². The lowest BCUT2D eigenvalue weighted by molar-refractivity contribution is -0.150. The molecule has 1 N–H and O–H groups in total. The van der Waals surface area contributed by atoms with Crippen LogP contribution in [0, 0.1) is 0 Å². The molecular formula is C9H8O5. The quantitative estimate of drug-likeness (QED) is 0.402. The molecule has 1 aliphatic heterocycles. The summed E-state index contributed by atoms with van der Waals surface area (Å²) < 4.78 is 4.19. The summed E-state index contributed by atoms with van der Waals surface area (Å²) in [4.78, 5) is 32.1. The molecule has 5 heteroatoms. The minimum Gasteiger partial charge on any atom is -0.478 e. The fraction of sp³-hybridized carbons (Fsp3) is 0.222. The van der Waals surface area contributed by atoms with Crippen LogP contribution >= 0.6 is 0 Å². The molecule has 14 heavy (non-hydrogen) atoms. The van der Waals surface area contributed by atoms with Crippen molar-refractivity contribution in [2.45, 2.75) is 13.3 Å². The minimum absolute atomic E-state index is 0.0192. The first kappa shape index (κ1) is 10.2. The number of rotatable bonds is 3. The van der Waals surface area contributed by atoms with Crippen molar-refractivity contribution in [3.8, 4) is 0 Å². The van der Waals surface area contributed by atoms with Gasteiger partial charge in [0.15, 0.2) is 0 Å². The molecule has 0 saturated heterocycles. The fourth-order valence-electron chi connectivity index (χ4n) is 0.969. The number of carboxylic acid groups (broad SMARTS) is 1. The van der Waals surface area contributed by atoms with Gasteiger partial charge in [-0.1, -0.05) is 6.92 Å². The van der Waals surface area contributed by atoms with Gasteiger partial charge >= 0.3 is 17.9 Å². The first-order chi connectivity index (χ1) is 6.54. The molecule has 0 saturated carbocycles. The van der Waals surface area contributed by atoms with E-state index in [-0.39, 0.29) is 17.6 Å². The van der Waals surface area contributed by atoms with Gasteiger partial charge in [-0.3, -0.25) is 0 Å². The lowest BCUT2D eigenvalue weighted by Gasteiger charge is -1.96. The largest absolute Gasteiger partial charge is 0.478 e. The monoisotopic (exact) mass is 196 g/mol. The van der Waals surface area contributed by atoms with Crippen LogP contribution in [-0.2, 0) is 19.1 Å². The molecule has 5 nitrogen and oxygen atoms in total. The standard InChI is InChI=1S/C9H8O5/c1-2-5(8(11)12)3-6-4-7(10)14-9(6)13/h3-4H,2H2,1H3,(H,11,12). The number of carbonyl (C=O) groups excluding carboxylic acids is 2. The van der Waals surface area contributed by atoms with Crippen molar-refractivity contribution < 1.29 is 24.2 Å². The number of hydrogen-bond acceptors (Lipinski definition) is 4. The lowest BCUT2D eigenvalue weighted by Crippen LogP contribution is -2.04. The van der Waals surface area contributed by atoms with Crippen molar-refractivity contribution in [3.63, 3.8) is 0 Å². The van der Waals surface area contributed by atoms with Gasteiger partial charge in [0.1, 0.15) is 0 Å². The maximum absolute atomic E-state index is 10.9. The molecule has 0 aromatic carbocycles. The average Bonchev–Trinajstić information content (AvgIpc) is 2.40. The SMILES string of the molecule is CCC(=CC1=CC(=O)OC1=O)C(=O)O. The van der Waals surface area contributed by atoms with E-state index >= 15 is 0 Å². The normalized spacial score (nSPS) is 16.6. The highest BCUT2D eigenvalue weighted by molar-refractivity contribution is 6.11. The maximum atomic E-state index is 10.9. The summed E-state index contributed by atoms with van der Waals surface area (Å²) in [6.45, 7) is 1.64. The second-order valence-corrected chi connectivity index (χ2v) is 2.64. The molecule has 0 spiro atoms. The van der Waals surface area contributed by atoms with Crippen LogP contribution in [0.15, 0.2) is 23.3 Å². The Kier molecular flexibility index (Phi) is 2.81. The van der Waals surface area contributed by atoms with Crippen LogP contribution in [0.3, 0.4) is 0 Å². The summed E-state index contributed by atoms with van der Waals surface area (Å²) >= 11 is 0. The molecule has 74 valence electrons. The molecular weight excluding hydrogens is 188 g/mol. The first-order valence-corrected chi connectivity index (χ1v) is 3.96. The second-order valence-electron chi connectivity index (χ2n) is 2.64. The molecule has 0 atom stereocenters. The molecule has 1 rings (SSSR count). The molecule has 0 amide bonds. The Morgan fingerprint density at radius 2 is 2.21 bits per heavy atom. The summed E-state index contributed by atoms with van der Waals surface area (Å²) in [7, 11) is 0. The second kappa shape index (κ2) is 3.87. The third-order valence-electron chi connectivity index (χ3n) is 1.69. The fourth-order valence-corrected chi connectivity index (χ4v) is 0.969. The number of esters is 2. The van der Waals surface area contributed by atoms with E-state index < -0.39 is 17.9 Å². The van der Waals surface area contributed by atoms with Crippen molar-refractivity contribution in [1.29, 1.82) is 0 Å². The third kappa shape index (κ3) is 2.07. The lowest BCUT2D eigenvalue weighted by atomic mass is 10.1. The third-order valence-corrected chi connectivity index (χ3v) is 1.69. The molecule has 0 aromatic rings. The summed E-state index contributed by atoms with van der Waals surface area (Å²) in [6.07, 6.45) is 2.39. The first-order valence-electron chi connectivity index (χ1n) is 3.96. The van der Waals surface area contributed by atoms with E-state index in [0.29, 0.717) is 0 Å². The Balaban J connectivity index is 2.96. The zero-order valence-corrected chi connectivity index (χ0v) is 7.44. The summed E-state index contributed by atoms with van der Waals surface area (Å²) in [6, 6.07) is 0. The van der Waals surface area contributed by atoms with E-state index in [4.69, 9.17) is 5.11 Å². The molecule has 0 bridgehead atoms. The highest BCUT2D eigenvalue weighted by atomic mass is 16.6. The van der Waals surface area contributed by atoms with Gasteiger partial charge in [0, 0.05) is 11.6 Å². The number of ether oxygens (including phenoxy) is 1. The van der Waals surface area contributed by atoms with Crippen molar-refractivity contribution in [1.82, 2.24) is 0 Å². The summed E-state index contributed by atoms with van der Waals surface area (Å²) in [5.74, 6) is -2.68. The van der Waals surface area contributed by atoms with Gasteiger partial charge < -0.3 is 9.84 Å². The zero-order chi connectivity index (χ0) is 10.7. The Hall–Kier alpha value is -1.91. The average molecular weight is 196 g/mol. The Bertz CT molecular complexity index is 361. The molecule has 1 heterocycles. The number of aliphatic carboxylic acids is 1.